The summed E-state index contributed by atoms with van der Waals surface area (Å²) in [5.41, 5.74) is 0.921. The minimum Gasteiger partial charge on any atom is -0.481 e. The van der Waals surface area contributed by atoms with Gasteiger partial charge < -0.3 is 5.11 Å². The van der Waals surface area contributed by atoms with E-state index in [-0.39, 0.29) is 11.6 Å². The highest BCUT2D eigenvalue weighted by atomic mass is 127. The van der Waals surface area contributed by atoms with E-state index >= 15 is 0 Å². The van der Waals surface area contributed by atoms with Crippen LogP contribution in [0, 0.1) is 19.6 Å². The van der Waals surface area contributed by atoms with Crippen LogP contribution in [-0.4, -0.2) is 34.0 Å². The van der Waals surface area contributed by atoms with Crippen molar-refractivity contribution in [3.05, 3.63) is 37.4 Å². The summed E-state index contributed by atoms with van der Waals surface area (Å²) in [7, 11) is 0. The molecule has 0 spiro atoms. The molecule has 1 aliphatic rings. The van der Waals surface area contributed by atoms with E-state index < -0.39 is 10.9 Å². The quantitative estimate of drug-likeness (QED) is 0.501. The molecule has 1 heterocycles. The summed E-state index contributed by atoms with van der Waals surface area (Å²) in [5, 5.41) is 19.5. The molecule has 18 heavy (non-hydrogen) atoms. The molecule has 1 aliphatic heterocycles. The van der Waals surface area contributed by atoms with Gasteiger partial charge in [0, 0.05) is 35.3 Å². The number of carboxylic acids is 1. The van der Waals surface area contributed by atoms with E-state index in [9.17, 15) is 14.9 Å². The number of hydrogen-bond donors (Lipinski definition) is 1. The zero-order valence-electron chi connectivity index (χ0n) is 9.38. The summed E-state index contributed by atoms with van der Waals surface area (Å²) in [6.07, 6.45) is 0. The van der Waals surface area contributed by atoms with Gasteiger partial charge in [0.05, 0.1) is 10.8 Å². The molecule has 1 N–H and O–H groups in total. The Hall–Kier alpha value is -1.22. The van der Waals surface area contributed by atoms with Crippen LogP contribution in [0.1, 0.15) is 5.56 Å². The maximum Gasteiger partial charge on any atom is 0.309 e. The van der Waals surface area contributed by atoms with Crippen LogP contribution in [0.25, 0.3) is 0 Å². The van der Waals surface area contributed by atoms with Gasteiger partial charge >= 0.3 is 5.97 Å². The predicted molar refractivity (Wildman–Crippen MR) is 72.2 cm³/mol. The molecule has 1 aromatic rings. The third kappa shape index (κ3) is 2.96. The van der Waals surface area contributed by atoms with Crippen LogP contribution in [0.15, 0.2) is 18.2 Å². The average Bonchev–Trinajstić information content (AvgIpc) is 2.21. The number of hydrogen-bond acceptors (Lipinski definition) is 4. The molecular weight excluding hydrogens is 351 g/mol. The van der Waals surface area contributed by atoms with Gasteiger partial charge in [-0.1, -0.05) is 0 Å². The molecule has 6 nitrogen and oxygen atoms in total. The van der Waals surface area contributed by atoms with E-state index in [1.54, 1.807) is 0 Å². The molecule has 0 amide bonds. The summed E-state index contributed by atoms with van der Waals surface area (Å²) in [6, 6.07) is 4.93. The molecular formula is C11H11IN2O4. The lowest BCUT2D eigenvalue weighted by Gasteiger charge is -2.36. The number of nitro groups is 1. The lowest BCUT2D eigenvalue weighted by molar-refractivity contribution is -0.385. The average molecular weight is 362 g/mol. The standard InChI is InChI=1S/C11H11IN2O4/c12-9-1-7(2-10(3-9)14(17)18)4-13-5-8(6-13)11(15)16/h1-3,8H,4-6H2,(H,15,16). The topological polar surface area (TPSA) is 83.7 Å². The molecule has 96 valence electrons. The fourth-order valence-electron chi connectivity index (χ4n) is 1.94. The number of halogens is 1. The molecule has 0 atom stereocenters. The molecule has 7 heteroatoms. The summed E-state index contributed by atoms with van der Waals surface area (Å²) in [5.74, 6) is -1.08. The molecule has 0 aromatic heterocycles. The first-order valence-electron chi connectivity index (χ1n) is 5.34. The smallest absolute Gasteiger partial charge is 0.309 e. The Labute approximate surface area is 117 Å². The minimum atomic E-state index is -0.778. The van der Waals surface area contributed by atoms with Gasteiger partial charge in [-0.05, 0) is 34.2 Å². The first-order valence-corrected chi connectivity index (χ1v) is 6.42. The van der Waals surface area contributed by atoms with Crippen LogP contribution >= 0.6 is 22.6 Å². The Morgan fingerprint density at radius 1 is 1.50 bits per heavy atom. The van der Waals surface area contributed by atoms with Crippen LogP contribution in [0.2, 0.25) is 0 Å². The Balaban J connectivity index is 2.02. The molecule has 0 unspecified atom stereocenters. The number of non-ortho nitro benzene ring substituents is 1. The number of aliphatic carboxylic acids is 1. The molecule has 0 aliphatic carbocycles. The van der Waals surface area contributed by atoms with Crippen molar-refractivity contribution in [3.8, 4) is 0 Å². The van der Waals surface area contributed by atoms with Gasteiger partial charge in [-0.3, -0.25) is 19.8 Å². The summed E-state index contributed by atoms with van der Waals surface area (Å²) < 4.78 is 0.812. The first-order chi connectivity index (χ1) is 8.45. The molecule has 0 bridgehead atoms. The number of benzene rings is 1. The van der Waals surface area contributed by atoms with Gasteiger partial charge in [-0.2, -0.15) is 0 Å². The zero-order chi connectivity index (χ0) is 13.3. The van der Waals surface area contributed by atoms with E-state index in [4.69, 9.17) is 5.11 Å². The van der Waals surface area contributed by atoms with Crippen LogP contribution < -0.4 is 0 Å². The number of carbonyl (C=O) groups is 1. The fourth-order valence-corrected chi connectivity index (χ4v) is 2.66. The van der Waals surface area contributed by atoms with Gasteiger partial charge in [0.2, 0.25) is 0 Å². The largest absolute Gasteiger partial charge is 0.481 e. The third-order valence-electron chi connectivity index (χ3n) is 2.87. The number of nitro benzene ring substituents is 1. The molecule has 0 saturated carbocycles. The second-order valence-corrected chi connectivity index (χ2v) is 5.55. The van der Waals surface area contributed by atoms with Crippen molar-refractivity contribution in [2.24, 2.45) is 5.92 Å². The minimum absolute atomic E-state index is 0.0761. The van der Waals surface area contributed by atoms with Crippen LogP contribution in [0.4, 0.5) is 5.69 Å². The normalized spacial score (nSPS) is 16.3. The highest BCUT2D eigenvalue weighted by molar-refractivity contribution is 14.1. The van der Waals surface area contributed by atoms with Gasteiger partial charge in [0.1, 0.15) is 0 Å². The van der Waals surface area contributed by atoms with E-state index in [0.717, 1.165) is 9.13 Å². The predicted octanol–water partition coefficient (Wildman–Crippen LogP) is 1.72. The Bertz CT molecular complexity index is 500. The SMILES string of the molecule is O=C(O)C1CN(Cc2cc(I)cc([N+](=O)[O-])c2)C1. The highest BCUT2D eigenvalue weighted by Crippen LogP contribution is 2.23. The van der Waals surface area contributed by atoms with Crippen molar-refractivity contribution in [3.63, 3.8) is 0 Å². The molecule has 1 fully saturated rings. The maximum atomic E-state index is 10.7. The van der Waals surface area contributed by atoms with E-state index in [2.05, 4.69) is 0 Å². The van der Waals surface area contributed by atoms with Gasteiger partial charge in [-0.25, -0.2) is 0 Å². The van der Waals surface area contributed by atoms with Crippen LogP contribution in [-0.2, 0) is 11.3 Å². The monoisotopic (exact) mass is 362 g/mol. The van der Waals surface area contributed by atoms with Crippen molar-refractivity contribution in [1.29, 1.82) is 0 Å². The zero-order valence-corrected chi connectivity index (χ0v) is 11.5. The Kier molecular flexibility index (Phi) is 3.81. The van der Waals surface area contributed by atoms with Crippen molar-refractivity contribution < 1.29 is 14.8 Å². The molecule has 1 aromatic carbocycles. The third-order valence-corrected chi connectivity index (χ3v) is 3.49. The fraction of sp³-hybridized carbons (Fsp3) is 0.364. The lowest BCUT2D eigenvalue weighted by atomic mass is 9.99. The number of rotatable bonds is 4. The maximum absolute atomic E-state index is 10.7. The van der Waals surface area contributed by atoms with Crippen LogP contribution in [0.5, 0.6) is 0 Å². The summed E-state index contributed by atoms with van der Waals surface area (Å²) in [6.45, 7) is 1.57. The van der Waals surface area contributed by atoms with Crippen molar-refractivity contribution >= 4 is 34.2 Å². The molecule has 2 rings (SSSR count). The van der Waals surface area contributed by atoms with Gasteiger partial charge in [0.15, 0.2) is 0 Å². The molecule has 0 radical (unpaired) electrons. The highest BCUT2D eigenvalue weighted by Gasteiger charge is 2.32. The Morgan fingerprint density at radius 2 is 2.17 bits per heavy atom. The number of likely N-dealkylation sites (tertiary alicyclic amines) is 1. The second kappa shape index (κ2) is 5.19. The van der Waals surface area contributed by atoms with E-state index in [1.165, 1.54) is 12.1 Å². The summed E-state index contributed by atoms with van der Waals surface area (Å²) in [4.78, 5) is 22.9. The van der Waals surface area contributed by atoms with Crippen molar-refractivity contribution in [1.82, 2.24) is 4.90 Å². The number of carboxylic acid groups (broad SMARTS) is 1. The van der Waals surface area contributed by atoms with Crippen LogP contribution in [0.3, 0.4) is 0 Å². The summed E-state index contributed by atoms with van der Waals surface area (Å²) >= 11 is 2.04. The Morgan fingerprint density at radius 3 is 2.72 bits per heavy atom. The van der Waals surface area contributed by atoms with Crippen molar-refractivity contribution in [2.45, 2.75) is 6.54 Å². The van der Waals surface area contributed by atoms with E-state index in [1.807, 2.05) is 33.6 Å². The van der Waals surface area contributed by atoms with Gasteiger partial charge in [0.25, 0.3) is 5.69 Å². The lowest BCUT2D eigenvalue weighted by Crippen LogP contribution is -2.49. The van der Waals surface area contributed by atoms with Gasteiger partial charge in [-0.15, -0.1) is 0 Å². The second-order valence-electron chi connectivity index (χ2n) is 4.30. The van der Waals surface area contributed by atoms with E-state index in [0.29, 0.717) is 19.6 Å². The molecule has 1 saturated heterocycles. The first kappa shape index (κ1) is 13.2. The number of nitrogens with zero attached hydrogens (tertiary/aromatic N) is 2. The van der Waals surface area contributed by atoms with Crippen molar-refractivity contribution in [2.75, 3.05) is 13.1 Å².